The molecular formula is C10H17N5O2S. The van der Waals surface area contributed by atoms with E-state index in [9.17, 15) is 8.42 Å². The van der Waals surface area contributed by atoms with Crippen molar-refractivity contribution in [1.29, 1.82) is 0 Å². The highest BCUT2D eigenvalue weighted by Gasteiger charge is 2.40. The second-order valence-electron chi connectivity index (χ2n) is 4.68. The fourth-order valence-electron chi connectivity index (χ4n) is 2.41. The second-order valence-corrected chi connectivity index (χ2v) is 6.58. The molecule has 18 heavy (non-hydrogen) atoms. The molecule has 0 spiro atoms. The van der Waals surface area contributed by atoms with Crippen LogP contribution in [0.25, 0.3) is 0 Å². The van der Waals surface area contributed by atoms with E-state index in [0.717, 1.165) is 26.2 Å². The van der Waals surface area contributed by atoms with E-state index in [1.165, 1.54) is 16.8 Å². The van der Waals surface area contributed by atoms with Gasteiger partial charge in [-0.3, -0.25) is 4.90 Å². The molecule has 7 nitrogen and oxygen atoms in total. The number of hydrogen-bond acceptors (Lipinski definition) is 5. The van der Waals surface area contributed by atoms with Crippen LogP contribution in [-0.2, 0) is 10.0 Å². The van der Waals surface area contributed by atoms with Crippen LogP contribution in [0.1, 0.15) is 0 Å². The predicted octanol–water partition coefficient (Wildman–Crippen LogP) is -1.31. The van der Waals surface area contributed by atoms with E-state index in [1.807, 2.05) is 0 Å². The average molecular weight is 271 g/mol. The van der Waals surface area contributed by atoms with Gasteiger partial charge >= 0.3 is 0 Å². The first-order valence-electron chi connectivity index (χ1n) is 6.11. The van der Waals surface area contributed by atoms with Crippen LogP contribution in [0.2, 0.25) is 0 Å². The summed E-state index contributed by atoms with van der Waals surface area (Å²) in [7, 11) is -3.36. The molecule has 2 aliphatic heterocycles. The fourth-order valence-corrected chi connectivity index (χ4v) is 3.82. The van der Waals surface area contributed by atoms with Crippen LogP contribution in [0.5, 0.6) is 0 Å². The van der Waals surface area contributed by atoms with Crippen molar-refractivity contribution in [1.82, 2.24) is 24.5 Å². The van der Waals surface area contributed by atoms with E-state index in [2.05, 4.69) is 20.2 Å². The monoisotopic (exact) mass is 271 g/mol. The lowest BCUT2D eigenvalue weighted by molar-refractivity contribution is 0.0772. The largest absolute Gasteiger partial charge is 0.335 e. The van der Waals surface area contributed by atoms with E-state index in [0.29, 0.717) is 19.1 Å². The molecule has 3 heterocycles. The first kappa shape index (κ1) is 12.1. The number of aromatic nitrogens is 2. The van der Waals surface area contributed by atoms with E-state index in [-0.39, 0.29) is 5.03 Å². The zero-order chi connectivity index (χ0) is 12.6. The third kappa shape index (κ3) is 2.05. The van der Waals surface area contributed by atoms with Crippen molar-refractivity contribution in [2.24, 2.45) is 0 Å². The zero-order valence-corrected chi connectivity index (χ0v) is 10.9. The molecule has 2 N–H and O–H groups in total. The quantitative estimate of drug-likeness (QED) is 0.713. The predicted molar refractivity (Wildman–Crippen MR) is 65.6 cm³/mol. The number of aromatic amines is 1. The van der Waals surface area contributed by atoms with E-state index < -0.39 is 10.0 Å². The fraction of sp³-hybridized carbons (Fsp3) is 0.700. The maximum Gasteiger partial charge on any atom is 0.260 e. The summed E-state index contributed by atoms with van der Waals surface area (Å²) >= 11 is 0. The molecule has 0 atom stereocenters. The van der Waals surface area contributed by atoms with Crippen LogP contribution in [0, 0.1) is 0 Å². The Bertz CT molecular complexity index is 488. The van der Waals surface area contributed by atoms with Crippen molar-refractivity contribution >= 4 is 10.0 Å². The van der Waals surface area contributed by atoms with Crippen LogP contribution in [0.15, 0.2) is 17.6 Å². The Labute approximate surface area is 106 Å². The molecular weight excluding hydrogens is 254 g/mol. The normalized spacial score (nSPS) is 24.0. The van der Waals surface area contributed by atoms with Gasteiger partial charge in [0, 0.05) is 45.3 Å². The molecule has 0 amide bonds. The van der Waals surface area contributed by atoms with Crippen molar-refractivity contribution < 1.29 is 8.42 Å². The smallest absolute Gasteiger partial charge is 0.260 e. The van der Waals surface area contributed by atoms with Crippen molar-refractivity contribution in [2.45, 2.75) is 11.1 Å². The lowest BCUT2D eigenvalue weighted by atomic mass is 10.1. The third-order valence-corrected chi connectivity index (χ3v) is 5.34. The maximum absolute atomic E-state index is 12.1. The van der Waals surface area contributed by atoms with Crippen molar-refractivity contribution in [3.63, 3.8) is 0 Å². The number of nitrogens with zero attached hydrogens (tertiary/aromatic N) is 3. The molecule has 0 aliphatic carbocycles. The third-order valence-electron chi connectivity index (χ3n) is 3.59. The van der Waals surface area contributed by atoms with Crippen LogP contribution in [-0.4, -0.2) is 72.9 Å². The minimum Gasteiger partial charge on any atom is -0.335 e. The number of sulfonamides is 1. The Morgan fingerprint density at radius 1 is 1.28 bits per heavy atom. The summed E-state index contributed by atoms with van der Waals surface area (Å²) in [5.41, 5.74) is 0. The van der Waals surface area contributed by atoms with Crippen LogP contribution in [0.3, 0.4) is 0 Å². The summed E-state index contributed by atoms with van der Waals surface area (Å²) in [5.74, 6) is 0. The first-order chi connectivity index (χ1) is 8.68. The van der Waals surface area contributed by atoms with Gasteiger partial charge in [0.15, 0.2) is 5.03 Å². The Kier molecular flexibility index (Phi) is 3.10. The number of H-pyrrole nitrogens is 1. The lowest BCUT2D eigenvalue weighted by Gasteiger charge is -2.45. The highest BCUT2D eigenvalue weighted by Crippen LogP contribution is 2.22. The van der Waals surface area contributed by atoms with Crippen LogP contribution < -0.4 is 5.32 Å². The minimum absolute atomic E-state index is 0.182. The molecule has 2 fully saturated rings. The molecule has 0 aromatic carbocycles. The summed E-state index contributed by atoms with van der Waals surface area (Å²) in [6, 6.07) is 0.366. The zero-order valence-electron chi connectivity index (χ0n) is 10.0. The Morgan fingerprint density at radius 3 is 2.61 bits per heavy atom. The molecule has 2 saturated heterocycles. The molecule has 8 heteroatoms. The van der Waals surface area contributed by atoms with Gasteiger partial charge in [-0.05, 0) is 0 Å². The number of hydrogen-bond donors (Lipinski definition) is 2. The summed E-state index contributed by atoms with van der Waals surface area (Å²) in [5, 5.41) is 3.48. The number of nitrogens with one attached hydrogen (secondary N) is 2. The van der Waals surface area contributed by atoms with Gasteiger partial charge < -0.3 is 10.3 Å². The summed E-state index contributed by atoms with van der Waals surface area (Å²) in [6.45, 7) is 5.15. The molecule has 1 aromatic heterocycles. The minimum atomic E-state index is -3.36. The topological polar surface area (TPSA) is 81.3 Å². The van der Waals surface area contributed by atoms with Gasteiger partial charge in [0.25, 0.3) is 10.0 Å². The van der Waals surface area contributed by atoms with Gasteiger partial charge in [-0.15, -0.1) is 0 Å². The van der Waals surface area contributed by atoms with Gasteiger partial charge in [0.1, 0.15) is 0 Å². The highest BCUT2D eigenvalue weighted by atomic mass is 32.2. The van der Waals surface area contributed by atoms with E-state index in [1.54, 1.807) is 0 Å². The second kappa shape index (κ2) is 4.61. The summed E-state index contributed by atoms with van der Waals surface area (Å²) < 4.78 is 25.8. The van der Waals surface area contributed by atoms with Gasteiger partial charge in [-0.25, -0.2) is 13.4 Å². The molecule has 1 aromatic rings. The van der Waals surface area contributed by atoms with E-state index >= 15 is 0 Å². The van der Waals surface area contributed by atoms with Gasteiger partial charge in [-0.1, -0.05) is 0 Å². The number of imidazole rings is 1. The number of rotatable bonds is 3. The lowest BCUT2D eigenvalue weighted by Crippen LogP contribution is -2.63. The van der Waals surface area contributed by atoms with Crippen molar-refractivity contribution in [3.05, 3.63) is 12.5 Å². The summed E-state index contributed by atoms with van der Waals surface area (Å²) in [4.78, 5) is 8.77. The molecule has 100 valence electrons. The number of piperazine rings is 1. The first-order valence-corrected chi connectivity index (χ1v) is 7.55. The molecule has 0 bridgehead atoms. The van der Waals surface area contributed by atoms with Crippen LogP contribution >= 0.6 is 0 Å². The molecule has 0 radical (unpaired) electrons. The molecule has 2 aliphatic rings. The van der Waals surface area contributed by atoms with E-state index in [4.69, 9.17) is 0 Å². The molecule has 0 unspecified atom stereocenters. The van der Waals surface area contributed by atoms with Crippen LogP contribution in [0.4, 0.5) is 0 Å². The SMILES string of the molecule is O=S(=O)(c1cnc[nH]1)N1CC(N2CCNCC2)C1. The average Bonchev–Trinajstić information content (AvgIpc) is 2.82. The summed E-state index contributed by atoms with van der Waals surface area (Å²) in [6.07, 6.45) is 2.74. The molecule has 0 saturated carbocycles. The Morgan fingerprint density at radius 2 is 2.00 bits per heavy atom. The van der Waals surface area contributed by atoms with Crippen molar-refractivity contribution in [3.8, 4) is 0 Å². The maximum atomic E-state index is 12.1. The highest BCUT2D eigenvalue weighted by molar-refractivity contribution is 7.89. The van der Waals surface area contributed by atoms with Gasteiger partial charge in [0.05, 0.1) is 12.5 Å². The molecule has 3 rings (SSSR count). The Balaban J connectivity index is 1.62. The standard InChI is InChI=1S/C10H17N5O2S/c16-18(17,10-5-12-8-13-10)15-6-9(7-15)14-3-1-11-2-4-14/h5,8-9,11H,1-4,6-7H2,(H,12,13). The Hall–Kier alpha value is -0.960. The van der Waals surface area contributed by atoms with Gasteiger partial charge in [-0.2, -0.15) is 4.31 Å². The van der Waals surface area contributed by atoms with Crippen molar-refractivity contribution in [2.75, 3.05) is 39.3 Å². The van der Waals surface area contributed by atoms with Gasteiger partial charge in [0.2, 0.25) is 0 Å².